The number of halogens is 1. The summed E-state index contributed by atoms with van der Waals surface area (Å²) >= 11 is 0. The van der Waals surface area contributed by atoms with Crippen molar-refractivity contribution >= 4 is 17.5 Å². The maximum absolute atomic E-state index is 13.6. The van der Waals surface area contributed by atoms with Gasteiger partial charge in [-0.15, -0.1) is 0 Å². The summed E-state index contributed by atoms with van der Waals surface area (Å²) in [4.78, 5) is 25.5. The molecule has 138 valence electrons. The molecule has 2 aromatic rings. The van der Waals surface area contributed by atoms with Crippen LogP contribution in [0, 0.1) is 5.82 Å². The second-order valence-corrected chi connectivity index (χ2v) is 6.54. The smallest absolute Gasteiger partial charge is 0.224 e. The van der Waals surface area contributed by atoms with Crippen LogP contribution >= 0.6 is 0 Å². The van der Waals surface area contributed by atoms with Crippen LogP contribution in [0.3, 0.4) is 0 Å². The molecule has 2 rings (SSSR count). The van der Waals surface area contributed by atoms with Crippen molar-refractivity contribution in [1.82, 2.24) is 5.32 Å². The molecule has 1 N–H and O–H groups in total. The first kappa shape index (κ1) is 19.6. The van der Waals surface area contributed by atoms with Crippen molar-refractivity contribution in [2.24, 2.45) is 0 Å². The van der Waals surface area contributed by atoms with Gasteiger partial charge in [0.15, 0.2) is 0 Å². The quantitative estimate of drug-likeness (QED) is 0.823. The Balaban J connectivity index is 1.91. The molecule has 4 nitrogen and oxygen atoms in total. The highest BCUT2D eigenvalue weighted by molar-refractivity contribution is 5.91. The van der Waals surface area contributed by atoms with Gasteiger partial charge >= 0.3 is 0 Å². The Bertz CT molecular complexity index is 757. The molecular formula is C21H25FN2O2. The van der Waals surface area contributed by atoms with Crippen molar-refractivity contribution in [3.05, 3.63) is 65.5 Å². The van der Waals surface area contributed by atoms with Gasteiger partial charge in [-0.1, -0.05) is 44.2 Å². The third-order valence-corrected chi connectivity index (χ3v) is 4.22. The molecule has 2 aromatic carbocycles. The number of hydrogen-bond donors (Lipinski definition) is 1. The van der Waals surface area contributed by atoms with E-state index in [-0.39, 0.29) is 18.2 Å². The summed E-state index contributed by atoms with van der Waals surface area (Å²) in [6.45, 7) is 6.39. The lowest BCUT2D eigenvalue weighted by Gasteiger charge is -2.22. The predicted octanol–water partition coefficient (Wildman–Crippen LogP) is 3.66. The molecule has 0 heterocycles. The number of amides is 2. The maximum atomic E-state index is 13.6. The van der Waals surface area contributed by atoms with E-state index in [0.717, 1.165) is 5.69 Å². The first-order valence-electron chi connectivity index (χ1n) is 8.76. The van der Waals surface area contributed by atoms with Crippen molar-refractivity contribution < 1.29 is 14.0 Å². The fourth-order valence-electron chi connectivity index (χ4n) is 2.69. The minimum atomic E-state index is -0.391. The van der Waals surface area contributed by atoms with Gasteiger partial charge in [0.1, 0.15) is 5.82 Å². The maximum Gasteiger partial charge on any atom is 0.224 e. The highest BCUT2D eigenvalue weighted by Crippen LogP contribution is 2.20. The zero-order chi connectivity index (χ0) is 19.1. The van der Waals surface area contributed by atoms with Gasteiger partial charge in [0, 0.05) is 25.7 Å². The number of nitrogens with one attached hydrogen (secondary N) is 1. The molecule has 0 spiro atoms. The number of carbonyl (C=O) groups is 2. The second kappa shape index (κ2) is 9.13. The highest BCUT2D eigenvalue weighted by atomic mass is 19.1. The van der Waals surface area contributed by atoms with Crippen LogP contribution in [-0.2, 0) is 16.0 Å². The number of carbonyl (C=O) groups excluding carboxylic acids is 2. The minimum Gasteiger partial charge on any atom is -0.354 e. The average molecular weight is 356 g/mol. The van der Waals surface area contributed by atoms with E-state index in [0.29, 0.717) is 24.6 Å². The largest absolute Gasteiger partial charge is 0.354 e. The van der Waals surface area contributed by atoms with E-state index in [4.69, 9.17) is 0 Å². The highest BCUT2D eigenvalue weighted by Gasteiger charge is 2.13. The Hall–Kier alpha value is -2.69. The van der Waals surface area contributed by atoms with Crippen LogP contribution in [0.15, 0.2) is 48.5 Å². The van der Waals surface area contributed by atoms with Gasteiger partial charge in [0.2, 0.25) is 11.8 Å². The molecule has 26 heavy (non-hydrogen) atoms. The molecular weight excluding hydrogens is 331 g/mol. The normalized spacial score (nSPS) is 10.7. The fourth-order valence-corrected chi connectivity index (χ4v) is 2.69. The first-order chi connectivity index (χ1) is 12.4. The molecule has 0 aromatic heterocycles. The summed E-state index contributed by atoms with van der Waals surface area (Å²) in [7, 11) is 0. The van der Waals surface area contributed by atoms with Gasteiger partial charge in [0.25, 0.3) is 0 Å². The fraction of sp³-hybridized carbons (Fsp3) is 0.333. The number of hydrogen-bond acceptors (Lipinski definition) is 2. The summed E-state index contributed by atoms with van der Waals surface area (Å²) in [5, 5.41) is 2.74. The van der Waals surface area contributed by atoms with Gasteiger partial charge in [0.05, 0.1) is 6.42 Å². The summed E-state index contributed by atoms with van der Waals surface area (Å²) < 4.78 is 13.6. The number of nitrogens with zero attached hydrogens (tertiary/aromatic N) is 1. The molecule has 0 unspecified atom stereocenters. The van der Waals surface area contributed by atoms with E-state index < -0.39 is 5.82 Å². The van der Waals surface area contributed by atoms with E-state index >= 15 is 0 Å². The SMILES string of the molecule is CC(=O)N(CCNC(=O)Cc1ccccc1F)c1ccc(C(C)C)cc1. The number of benzene rings is 2. The summed E-state index contributed by atoms with van der Waals surface area (Å²) in [5.74, 6) is -0.329. The summed E-state index contributed by atoms with van der Waals surface area (Å²) in [5.41, 5.74) is 2.36. The van der Waals surface area contributed by atoms with Crippen LogP contribution in [-0.4, -0.2) is 24.9 Å². The third kappa shape index (κ3) is 5.41. The van der Waals surface area contributed by atoms with E-state index in [1.54, 1.807) is 23.1 Å². The van der Waals surface area contributed by atoms with E-state index in [2.05, 4.69) is 19.2 Å². The monoisotopic (exact) mass is 356 g/mol. The summed E-state index contributed by atoms with van der Waals surface area (Å²) in [6, 6.07) is 14.1. The Kier molecular flexibility index (Phi) is 6.89. The average Bonchev–Trinajstić information content (AvgIpc) is 2.60. The molecule has 0 aliphatic carbocycles. The molecule has 0 aliphatic rings. The molecule has 0 aliphatic heterocycles. The van der Waals surface area contributed by atoms with Crippen LogP contribution in [0.2, 0.25) is 0 Å². The zero-order valence-corrected chi connectivity index (χ0v) is 15.5. The molecule has 0 fully saturated rings. The van der Waals surface area contributed by atoms with Gasteiger partial charge < -0.3 is 10.2 Å². The molecule has 0 bridgehead atoms. The lowest BCUT2D eigenvalue weighted by molar-refractivity contribution is -0.121. The van der Waals surface area contributed by atoms with Gasteiger partial charge in [-0.3, -0.25) is 9.59 Å². The summed E-state index contributed by atoms with van der Waals surface area (Å²) in [6.07, 6.45) is -0.0180. The lowest BCUT2D eigenvalue weighted by atomic mass is 10.0. The van der Waals surface area contributed by atoms with Crippen molar-refractivity contribution in [3.63, 3.8) is 0 Å². The Morgan fingerprint density at radius 3 is 2.31 bits per heavy atom. The van der Waals surface area contributed by atoms with Crippen molar-refractivity contribution in [3.8, 4) is 0 Å². The van der Waals surface area contributed by atoms with E-state index in [9.17, 15) is 14.0 Å². The minimum absolute atomic E-state index is 0.0180. The Morgan fingerprint density at radius 1 is 1.08 bits per heavy atom. The van der Waals surface area contributed by atoms with Gasteiger partial charge in [-0.2, -0.15) is 0 Å². The molecule has 0 saturated carbocycles. The van der Waals surface area contributed by atoms with E-state index in [1.165, 1.54) is 18.6 Å². The Morgan fingerprint density at radius 2 is 1.73 bits per heavy atom. The second-order valence-electron chi connectivity index (χ2n) is 6.54. The van der Waals surface area contributed by atoms with Crippen molar-refractivity contribution in [1.29, 1.82) is 0 Å². The van der Waals surface area contributed by atoms with Crippen molar-refractivity contribution in [2.75, 3.05) is 18.0 Å². The predicted molar refractivity (Wildman–Crippen MR) is 102 cm³/mol. The van der Waals surface area contributed by atoms with Crippen LogP contribution in [0.25, 0.3) is 0 Å². The van der Waals surface area contributed by atoms with Crippen LogP contribution in [0.5, 0.6) is 0 Å². The van der Waals surface area contributed by atoms with Gasteiger partial charge in [-0.05, 0) is 35.2 Å². The van der Waals surface area contributed by atoms with Crippen molar-refractivity contribution in [2.45, 2.75) is 33.1 Å². The first-order valence-corrected chi connectivity index (χ1v) is 8.76. The van der Waals surface area contributed by atoms with Gasteiger partial charge in [-0.25, -0.2) is 4.39 Å². The van der Waals surface area contributed by atoms with Crippen LogP contribution in [0.1, 0.15) is 37.8 Å². The molecule has 0 atom stereocenters. The third-order valence-electron chi connectivity index (χ3n) is 4.22. The lowest BCUT2D eigenvalue weighted by Crippen LogP contribution is -2.38. The number of rotatable bonds is 7. The Labute approximate surface area is 154 Å². The van der Waals surface area contributed by atoms with Crippen LogP contribution in [0.4, 0.5) is 10.1 Å². The standard InChI is InChI=1S/C21H25FN2O2/c1-15(2)17-8-10-19(11-9-17)24(16(3)25)13-12-23-21(26)14-18-6-4-5-7-20(18)22/h4-11,15H,12-14H2,1-3H3,(H,23,26). The molecule has 2 amide bonds. The van der Waals surface area contributed by atoms with Crippen LogP contribution < -0.4 is 10.2 Å². The molecule has 0 saturated heterocycles. The number of anilines is 1. The topological polar surface area (TPSA) is 49.4 Å². The zero-order valence-electron chi connectivity index (χ0n) is 15.5. The molecule has 5 heteroatoms. The molecule has 0 radical (unpaired) electrons. The van der Waals surface area contributed by atoms with E-state index in [1.807, 2.05) is 24.3 Å².